The molecule has 0 N–H and O–H groups in total. The molecule has 0 unspecified atom stereocenters. The van der Waals surface area contributed by atoms with Gasteiger partial charge in [-0.05, 0) is 35.4 Å². The Morgan fingerprint density at radius 3 is 1.41 bits per heavy atom. The number of rotatable bonds is 7. The zero-order chi connectivity index (χ0) is 21.7. The zero-order valence-electron chi connectivity index (χ0n) is 14.4. The summed E-state index contributed by atoms with van der Waals surface area (Å²) < 4.78 is 75.6. The van der Waals surface area contributed by atoms with Crippen LogP contribution < -0.4 is 0 Å². The second kappa shape index (κ2) is 9.57. The van der Waals surface area contributed by atoms with Gasteiger partial charge in [-0.15, -0.1) is 28.4 Å². The molecule has 0 bridgehead atoms. The van der Waals surface area contributed by atoms with Crippen LogP contribution in [0.4, 0.5) is 26.3 Å². The van der Waals surface area contributed by atoms with Crippen LogP contribution in [-0.2, 0) is 23.9 Å². The Kier molecular flexibility index (Phi) is 7.64. The molecule has 0 spiro atoms. The highest BCUT2D eigenvalue weighted by molar-refractivity contribution is 8.21. The van der Waals surface area contributed by atoms with Crippen LogP contribution in [0.25, 0.3) is 0 Å². The molecule has 0 fully saturated rings. The fourth-order valence-corrected chi connectivity index (χ4v) is 4.00. The van der Waals surface area contributed by atoms with E-state index in [1.165, 1.54) is 24.3 Å². The average Bonchev–Trinajstić information content (AvgIpc) is 2.63. The van der Waals surface area contributed by atoms with E-state index in [-0.39, 0.29) is 15.7 Å². The van der Waals surface area contributed by atoms with Crippen LogP contribution in [0.15, 0.2) is 52.8 Å². The smallest absolute Gasteiger partial charge is 0.297 e. The summed E-state index contributed by atoms with van der Waals surface area (Å²) in [5, 5.41) is 10.7. The highest BCUT2D eigenvalue weighted by Gasteiger charge is 2.30. The number of thioether (sulfide) groups is 2. The first-order valence-corrected chi connectivity index (χ1v) is 9.78. The van der Waals surface area contributed by atoms with Crippen LogP contribution in [0.1, 0.15) is 22.3 Å². The predicted octanol–water partition coefficient (Wildman–Crippen LogP) is 6.77. The molecule has 2 aromatic carbocycles. The molecule has 0 amide bonds. The highest BCUT2D eigenvalue weighted by atomic mass is 32.2. The average molecular weight is 452 g/mol. The maximum absolute atomic E-state index is 12.6. The first-order valence-electron chi connectivity index (χ1n) is 7.81. The molecule has 0 aliphatic heterocycles. The summed E-state index contributed by atoms with van der Waals surface area (Å²) in [6.45, 7) is 0. The Labute approximate surface area is 170 Å². The van der Waals surface area contributed by atoms with Gasteiger partial charge >= 0.3 is 12.4 Å². The molecule has 2 rings (SSSR count). The highest BCUT2D eigenvalue weighted by Crippen LogP contribution is 2.35. The molecule has 0 saturated heterocycles. The SMILES string of the molecule is O=[N+]([O-])[C-]=C(SCc1ccc(C(F)(F)F)cc1)SCc1ccc(C(F)(F)F)cc1. The van der Waals surface area contributed by atoms with Crippen molar-refractivity contribution in [3.63, 3.8) is 0 Å². The number of halogens is 6. The minimum atomic E-state index is -4.45. The maximum atomic E-state index is 12.6. The van der Waals surface area contributed by atoms with Crippen molar-refractivity contribution in [3.05, 3.63) is 91.3 Å². The van der Waals surface area contributed by atoms with Crippen molar-refractivity contribution in [3.8, 4) is 0 Å². The molecule has 29 heavy (non-hydrogen) atoms. The number of hydrogen-bond donors (Lipinski definition) is 0. The van der Waals surface area contributed by atoms with Gasteiger partial charge in [-0.1, -0.05) is 34.7 Å². The fourth-order valence-electron chi connectivity index (χ4n) is 2.06. The van der Waals surface area contributed by atoms with Crippen molar-refractivity contribution in [2.45, 2.75) is 23.9 Å². The van der Waals surface area contributed by atoms with E-state index in [1.54, 1.807) is 0 Å². The van der Waals surface area contributed by atoms with Crippen LogP contribution in [0.5, 0.6) is 0 Å². The van der Waals surface area contributed by atoms with Crippen LogP contribution in [0.3, 0.4) is 0 Å². The molecule has 2 aromatic rings. The lowest BCUT2D eigenvalue weighted by molar-refractivity contribution is -0.419. The van der Waals surface area contributed by atoms with Crippen molar-refractivity contribution >= 4 is 23.5 Å². The lowest BCUT2D eigenvalue weighted by Crippen LogP contribution is -2.04. The molecule has 0 atom stereocenters. The topological polar surface area (TPSA) is 43.1 Å². The van der Waals surface area contributed by atoms with Crippen molar-refractivity contribution in [2.75, 3.05) is 0 Å². The van der Waals surface area contributed by atoms with Crippen molar-refractivity contribution < 1.29 is 31.3 Å². The third kappa shape index (κ3) is 7.65. The summed E-state index contributed by atoms with van der Waals surface area (Å²) in [4.78, 5) is 9.96. The Morgan fingerprint density at radius 2 is 1.14 bits per heavy atom. The third-order valence-electron chi connectivity index (χ3n) is 3.48. The van der Waals surface area contributed by atoms with E-state index in [0.29, 0.717) is 11.1 Å². The number of nitro groups is 1. The Morgan fingerprint density at radius 1 is 0.793 bits per heavy atom. The van der Waals surface area contributed by atoms with E-state index in [0.717, 1.165) is 47.8 Å². The molecule has 3 nitrogen and oxygen atoms in total. The van der Waals surface area contributed by atoms with Gasteiger partial charge in [0.1, 0.15) is 0 Å². The van der Waals surface area contributed by atoms with Crippen molar-refractivity contribution in [1.82, 2.24) is 0 Å². The largest absolute Gasteiger partial charge is 0.416 e. The van der Waals surface area contributed by atoms with E-state index in [1.807, 2.05) is 6.20 Å². The standard InChI is InChI=1S/C18H12F6NO2S2/c19-17(20,21)14-5-1-12(2-6-14)10-28-16(9-25(26)27)29-11-13-3-7-15(8-4-13)18(22,23)24/h1-8H,10-11H2/q-1. The maximum Gasteiger partial charge on any atom is 0.416 e. The molecular weight excluding hydrogens is 440 g/mol. The number of alkyl halides is 6. The van der Waals surface area contributed by atoms with Gasteiger partial charge in [0.05, 0.1) is 11.1 Å². The van der Waals surface area contributed by atoms with E-state index in [4.69, 9.17) is 0 Å². The summed E-state index contributed by atoms with van der Waals surface area (Å²) in [6.07, 6.45) is -6.91. The minimum absolute atomic E-state index is 0.162. The molecule has 0 aromatic heterocycles. The normalized spacial score (nSPS) is 11.9. The predicted molar refractivity (Wildman–Crippen MR) is 99.2 cm³/mol. The van der Waals surface area contributed by atoms with Crippen molar-refractivity contribution in [1.29, 1.82) is 0 Å². The molecule has 0 aliphatic rings. The first kappa shape index (κ1) is 23.1. The first-order chi connectivity index (χ1) is 13.4. The molecule has 0 heterocycles. The van der Waals surface area contributed by atoms with Gasteiger partial charge in [0, 0.05) is 11.5 Å². The summed E-state index contributed by atoms with van der Waals surface area (Å²) >= 11 is 2.02. The van der Waals surface area contributed by atoms with Gasteiger partial charge in [0.2, 0.25) is 0 Å². The second-order valence-corrected chi connectivity index (χ2v) is 7.85. The third-order valence-corrected chi connectivity index (χ3v) is 5.85. The summed E-state index contributed by atoms with van der Waals surface area (Å²) in [5.41, 5.74) is -0.535. The van der Waals surface area contributed by atoms with Crippen LogP contribution in [0, 0.1) is 16.3 Å². The van der Waals surface area contributed by atoms with Gasteiger partial charge in [-0.25, -0.2) is 0 Å². The quantitative estimate of drug-likeness (QED) is 0.153. The van der Waals surface area contributed by atoms with Crippen LogP contribution >= 0.6 is 23.5 Å². The van der Waals surface area contributed by atoms with Gasteiger partial charge in [0.25, 0.3) is 0 Å². The molecule has 0 saturated carbocycles. The Balaban J connectivity index is 1.99. The van der Waals surface area contributed by atoms with Crippen LogP contribution in [-0.4, -0.2) is 4.92 Å². The van der Waals surface area contributed by atoms with Gasteiger partial charge in [-0.2, -0.15) is 26.3 Å². The second-order valence-electron chi connectivity index (χ2n) is 5.62. The lowest BCUT2D eigenvalue weighted by atomic mass is 10.1. The number of nitrogens with zero attached hydrogens (tertiary/aromatic N) is 1. The Hall–Kier alpha value is -2.14. The molecular formula is C18H12F6NO2S2-. The van der Waals surface area contributed by atoms with E-state index < -0.39 is 28.4 Å². The molecule has 0 aliphatic carbocycles. The summed E-state index contributed by atoms with van der Waals surface area (Å²) in [6, 6.07) is 8.80. The number of benzene rings is 2. The van der Waals surface area contributed by atoms with E-state index >= 15 is 0 Å². The van der Waals surface area contributed by atoms with Gasteiger partial charge < -0.3 is 0 Å². The molecule has 0 radical (unpaired) electrons. The van der Waals surface area contributed by atoms with Crippen LogP contribution in [0.2, 0.25) is 0 Å². The fraction of sp³-hybridized carbons (Fsp3) is 0.222. The Bertz CT molecular complexity index is 798. The zero-order valence-corrected chi connectivity index (χ0v) is 16.0. The monoisotopic (exact) mass is 452 g/mol. The number of hydrogen-bond acceptors (Lipinski definition) is 4. The summed E-state index contributed by atoms with van der Waals surface area (Å²) in [7, 11) is 0. The van der Waals surface area contributed by atoms with E-state index in [2.05, 4.69) is 0 Å². The lowest BCUT2D eigenvalue weighted by Gasteiger charge is -2.13. The molecule has 156 valence electrons. The molecule has 11 heteroatoms. The van der Waals surface area contributed by atoms with Gasteiger partial charge in [0.15, 0.2) is 0 Å². The van der Waals surface area contributed by atoms with Crippen molar-refractivity contribution in [2.24, 2.45) is 0 Å². The van der Waals surface area contributed by atoms with Gasteiger partial charge in [-0.3, -0.25) is 10.1 Å². The summed E-state index contributed by atoms with van der Waals surface area (Å²) in [5.74, 6) is 0.350. The minimum Gasteiger partial charge on any atom is -0.297 e. The van der Waals surface area contributed by atoms with E-state index in [9.17, 15) is 36.5 Å².